The molecule has 3 nitrogen and oxygen atoms in total. The highest BCUT2D eigenvalue weighted by Crippen LogP contribution is 2.39. The second kappa shape index (κ2) is 6.09. The van der Waals surface area contributed by atoms with Gasteiger partial charge in [-0.1, -0.05) is 11.8 Å². The van der Waals surface area contributed by atoms with Crippen LogP contribution in [0.4, 0.5) is 0 Å². The molecule has 21 heavy (non-hydrogen) atoms. The first kappa shape index (κ1) is 15.9. The summed E-state index contributed by atoms with van der Waals surface area (Å²) in [5.41, 5.74) is 0.491. The molecule has 3 heteroatoms. The minimum Gasteiger partial charge on any atom is -0.487 e. The molecule has 0 aliphatic carbocycles. The molecule has 2 rings (SSSR count). The third-order valence-corrected chi connectivity index (χ3v) is 3.59. The lowest BCUT2D eigenvalue weighted by Gasteiger charge is -2.27. The number of rotatable bonds is 3. The van der Waals surface area contributed by atoms with Crippen molar-refractivity contribution in [2.75, 3.05) is 6.61 Å². The van der Waals surface area contributed by atoms with Gasteiger partial charge in [0.2, 0.25) is 0 Å². The minimum atomic E-state index is -0.289. The van der Waals surface area contributed by atoms with Crippen molar-refractivity contribution in [2.45, 2.75) is 57.8 Å². The molecule has 1 heterocycles. The van der Waals surface area contributed by atoms with Gasteiger partial charge in [-0.3, -0.25) is 0 Å². The summed E-state index contributed by atoms with van der Waals surface area (Å²) in [7, 11) is 0. The monoisotopic (exact) mass is 288 g/mol. The van der Waals surface area contributed by atoms with Crippen LogP contribution in [0.1, 0.15) is 46.1 Å². The predicted molar refractivity (Wildman–Crippen MR) is 83.3 cm³/mol. The van der Waals surface area contributed by atoms with E-state index in [1.54, 1.807) is 0 Å². The fourth-order valence-electron chi connectivity index (χ4n) is 2.70. The van der Waals surface area contributed by atoms with E-state index in [0.717, 1.165) is 17.7 Å². The van der Waals surface area contributed by atoms with Crippen LogP contribution in [0.15, 0.2) is 24.3 Å². The average molecular weight is 288 g/mol. The number of aliphatic hydroxyl groups excluding tert-OH is 1. The Labute approximate surface area is 127 Å². The van der Waals surface area contributed by atoms with E-state index >= 15 is 0 Å². The maximum Gasteiger partial charge on any atom is 0.130 e. The molecule has 1 aromatic rings. The van der Waals surface area contributed by atoms with E-state index in [-0.39, 0.29) is 23.9 Å². The number of benzene rings is 1. The normalized spacial score (nSPS) is 22.4. The van der Waals surface area contributed by atoms with Gasteiger partial charge in [0, 0.05) is 18.4 Å². The van der Waals surface area contributed by atoms with Crippen LogP contribution < -0.4 is 4.74 Å². The third kappa shape index (κ3) is 4.23. The molecule has 1 aromatic carbocycles. The lowest BCUT2D eigenvalue weighted by molar-refractivity contribution is -0.0846. The summed E-state index contributed by atoms with van der Waals surface area (Å²) in [6.45, 7) is 8.43. The summed E-state index contributed by atoms with van der Waals surface area (Å²) in [6.07, 6.45) is 1.41. The first-order valence-electron chi connectivity index (χ1n) is 7.39. The van der Waals surface area contributed by atoms with Crippen molar-refractivity contribution >= 4 is 0 Å². The van der Waals surface area contributed by atoms with Crippen molar-refractivity contribution < 1.29 is 14.6 Å². The molecule has 1 saturated heterocycles. The molecule has 114 valence electrons. The topological polar surface area (TPSA) is 38.7 Å². The van der Waals surface area contributed by atoms with E-state index in [2.05, 4.69) is 39.5 Å². The van der Waals surface area contributed by atoms with Crippen LogP contribution in [0.25, 0.3) is 0 Å². The lowest BCUT2D eigenvalue weighted by Crippen LogP contribution is -2.36. The smallest absolute Gasteiger partial charge is 0.130 e. The van der Waals surface area contributed by atoms with Gasteiger partial charge in [0.1, 0.15) is 17.5 Å². The Hall–Kier alpha value is -1.50. The van der Waals surface area contributed by atoms with Crippen LogP contribution in [0.5, 0.6) is 5.75 Å². The molecule has 0 saturated carbocycles. The number of aliphatic hydroxyl groups is 1. The zero-order valence-corrected chi connectivity index (χ0v) is 13.3. The second-order valence-corrected chi connectivity index (χ2v) is 6.58. The van der Waals surface area contributed by atoms with Crippen molar-refractivity contribution in [3.8, 4) is 17.6 Å². The fraction of sp³-hybridized carbons (Fsp3) is 0.556. The Kier molecular flexibility index (Phi) is 4.61. The molecule has 0 spiro atoms. The number of hydrogen-bond acceptors (Lipinski definition) is 3. The number of ether oxygens (including phenoxy) is 2. The Balaban J connectivity index is 2.03. The first-order valence-corrected chi connectivity index (χ1v) is 7.39. The van der Waals surface area contributed by atoms with Gasteiger partial charge < -0.3 is 14.6 Å². The van der Waals surface area contributed by atoms with Gasteiger partial charge in [0.05, 0.1) is 12.2 Å². The van der Waals surface area contributed by atoms with Gasteiger partial charge >= 0.3 is 0 Å². The Morgan fingerprint density at radius 3 is 2.43 bits per heavy atom. The zero-order valence-electron chi connectivity index (χ0n) is 13.3. The quantitative estimate of drug-likeness (QED) is 0.868. The highest BCUT2D eigenvalue weighted by Gasteiger charge is 2.47. The SMILES string of the molecule is CC1(C)CC(Oc2ccc(C#CCCO)cc2)C(C)(C)O1. The summed E-state index contributed by atoms with van der Waals surface area (Å²) in [6, 6.07) is 7.75. The van der Waals surface area contributed by atoms with Gasteiger partial charge in [-0.15, -0.1) is 0 Å². The summed E-state index contributed by atoms with van der Waals surface area (Å²) in [4.78, 5) is 0. The summed E-state index contributed by atoms with van der Waals surface area (Å²) < 4.78 is 12.1. The van der Waals surface area contributed by atoms with E-state index < -0.39 is 0 Å². The molecule has 1 aliphatic rings. The molecule has 1 aliphatic heterocycles. The van der Waals surface area contributed by atoms with Crippen LogP contribution in [-0.4, -0.2) is 29.0 Å². The molecule has 0 amide bonds. The molecule has 1 N–H and O–H groups in total. The predicted octanol–water partition coefficient (Wildman–Crippen LogP) is 3.15. The largest absolute Gasteiger partial charge is 0.487 e. The summed E-state index contributed by atoms with van der Waals surface area (Å²) >= 11 is 0. The standard InChI is InChI=1S/C18H24O3/c1-17(2)13-16(18(3,4)21-17)20-15-10-8-14(9-11-15)7-5-6-12-19/h8-11,16,19H,6,12-13H2,1-4H3. The van der Waals surface area contributed by atoms with E-state index in [0.29, 0.717) is 6.42 Å². The molecular weight excluding hydrogens is 264 g/mol. The van der Waals surface area contributed by atoms with Crippen LogP contribution in [0.2, 0.25) is 0 Å². The summed E-state index contributed by atoms with van der Waals surface area (Å²) in [5.74, 6) is 6.75. The van der Waals surface area contributed by atoms with Crippen LogP contribution in [-0.2, 0) is 4.74 Å². The van der Waals surface area contributed by atoms with Crippen molar-refractivity contribution in [3.05, 3.63) is 29.8 Å². The van der Waals surface area contributed by atoms with E-state index in [4.69, 9.17) is 14.6 Å². The van der Waals surface area contributed by atoms with Gasteiger partial charge in [0.25, 0.3) is 0 Å². The fourth-order valence-corrected chi connectivity index (χ4v) is 2.70. The third-order valence-electron chi connectivity index (χ3n) is 3.59. The highest BCUT2D eigenvalue weighted by molar-refractivity contribution is 5.38. The Bertz CT molecular complexity index is 532. The summed E-state index contributed by atoms with van der Waals surface area (Å²) in [5, 5.41) is 8.70. The Morgan fingerprint density at radius 2 is 1.90 bits per heavy atom. The van der Waals surface area contributed by atoms with Gasteiger partial charge in [-0.05, 0) is 52.0 Å². The van der Waals surface area contributed by atoms with Crippen molar-refractivity contribution in [1.29, 1.82) is 0 Å². The van der Waals surface area contributed by atoms with Crippen LogP contribution in [0, 0.1) is 11.8 Å². The van der Waals surface area contributed by atoms with Crippen molar-refractivity contribution in [2.24, 2.45) is 0 Å². The molecule has 0 aromatic heterocycles. The Morgan fingerprint density at radius 1 is 1.24 bits per heavy atom. The van der Waals surface area contributed by atoms with E-state index in [1.807, 2.05) is 24.3 Å². The molecule has 0 bridgehead atoms. The molecule has 1 unspecified atom stereocenters. The second-order valence-electron chi connectivity index (χ2n) is 6.58. The molecular formula is C18H24O3. The lowest BCUT2D eigenvalue weighted by atomic mass is 9.97. The van der Waals surface area contributed by atoms with Crippen molar-refractivity contribution in [3.63, 3.8) is 0 Å². The maximum atomic E-state index is 8.70. The zero-order chi connectivity index (χ0) is 15.5. The van der Waals surface area contributed by atoms with Crippen LogP contribution in [0.3, 0.4) is 0 Å². The first-order chi connectivity index (χ1) is 9.82. The highest BCUT2D eigenvalue weighted by atomic mass is 16.6. The van der Waals surface area contributed by atoms with Crippen molar-refractivity contribution in [1.82, 2.24) is 0 Å². The van der Waals surface area contributed by atoms with Gasteiger partial charge in [-0.2, -0.15) is 0 Å². The van der Waals surface area contributed by atoms with E-state index in [9.17, 15) is 0 Å². The number of hydrogen-bond donors (Lipinski definition) is 1. The van der Waals surface area contributed by atoms with Gasteiger partial charge in [-0.25, -0.2) is 0 Å². The average Bonchev–Trinajstić information content (AvgIpc) is 2.59. The molecule has 1 fully saturated rings. The minimum absolute atomic E-state index is 0.0406. The van der Waals surface area contributed by atoms with Crippen LogP contribution >= 0.6 is 0 Å². The molecule has 0 radical (unpaired) electrons. The van der Waals surface area contributed by atoms with E-state index in [1.165, 1.54) is 0 Å². The molecule has 1 atom stereocenters. The van der Waals surface area contributed by atoms with Gasteiger partial charge in [0.15, 0.2) is 0 Å². The maximum absolute atomic E-state index is 8.70.